The number of rotatable bonds is 4. The van der Waals surface area contributed by atoms with Crippen molar-refractivity contribution in [2.75, 3.05) is 18.5 Å². The molecule has 6 heteroatoms. The van der Waals surface area contributed by atoms with Crippen molar-refractivity contribution in [2.45, 2.75) is 12.8 Å². The normalized spacial score (nSPS) is 17.8. The number of nitrogens with one attached hydrogen (secondary N) is 2. The fourth-order valence-electron chi connectivity index (χ4n) is 1.95. The zero-order valence-corrected chi connectivity index (χ0v) is 10.9. The van der Waals surface area contributed by atoms with Gasteiger partial charge in [-0.05, 0) is 30.7 Å². The van der Waals surface area contributed by atoms with Gasteiger partial charge in [0.15, 0.2) is 6.61 Å². The number of nitriles is 1. The molecule has 1 saturated heterocycles. The molecule has 2 amide bonds. The lowest BCUT2D eigenvalue weighted by atomic mass is 9.98. The van der Waals surface area contributed by atoms with E-state index in [1.807, 2.05) is 6.07 Å². The van der Waals surface area contributed by atoms with Crippen LogP contribution < -0.4 is 15.4 Å². The average molecular weight is 273 g/mol. The van der Waals surface area contributed by atoms with E-state index in [-0.39, 0.29) is 24.3 Å². The van der Waals surface area contributed by atoms with Gasteiger partial charge in [0.05, 0.1) is 5.92 Å². The Balaban J connectivity index is 1.88. The van der Waals surface area contributed by atoms with Gasteiger partial charge in [0, 0.05) is 18.7 Å². The van der Waals surface area contributed by atoms with E-state index in [1.165, 1.54) is 0 Å². The molecule has 1 aromatic carbocycles. The smallest absolute Gasteiger partial charge is 0.229 e. The van der Waals surface area contributed by atoms with Gasteiger partial charge < -0.3 is 15.4 Å². The van der Waals surface area contributed by atoms with Crippen LogP contribution in [-0.2, 0) is 9.59 Å². The highest BCUT2D eigenvalue weighted by Gasteiger charge is 2.24. The molecule has 1 unspecified atom stereocenters. The summed E-state index contributed by atoms with van der Waals surface area (Å²) in [7, 11) is 0. The molecule has 1 aromatic rings. The van der Waals surface area contributed by atoms with E-state index < -0.39 is 0 Å². The Hall–Kier alpha value is -2.55. The van der Waals surface area contributed by atoms with Crippen LogP contribution in [0.4, 0.5) is 5.69 Å². The first kappa shape index (κ1) is 13.9. The van der Waals surface area contributed by atoms with E-state index in [2.05, 4.69) is 10.6 Å². The van der Waals surface area contributed by atoms with Crippen LogP contribution >= 0.6 is 0 Å². The van der Waals surface area contributed by atoms with Gasteiger partial charge in [0.1, 0.15) is 11.8 Å². The minimum absolute atomic E-state index is 0.00644. The summed E-state index contributed by atoms with van der Waals surface area (Å²) in [5.41, 5.74) is 0.663. The Labute approximate surface area is 116 Å². The lowest BCUT2D eigenvalue weighted by molar-refractivity contribution is -0.126. The quantitative estimate of drug-likeness (QED) is 0.858. The van der Waals surface area contributed by atoms with E-state index in [0.29, 0.717) is 30.8 Å². The van der Waals surface area contributed by atoms with E-state index in [1.54, 1.807) is 24.3 Å². The van der Waals surface area contributed by atoms with Crippen molar-refractivity contribution in [2.24, 2.45) is 5.92 Å². The third kappa shape index (κ3) is 3.72. The maximum atomic E-state index is 12.0. The van der Waals surface area contributed by atoms with Crippen molar-refractivity contribution in [1.29, 1.82) is 5.26 Å². The highest BCUT2D eigenvalue weighted by molar-refractivity contribution is 5.94. The van der Waals surface area contributed by atoms with E-state index in [9.17, 15) is 9.59 Å². The Bertz CT molecular complexity index is 524. The maximum Gasteiger partial charge on any atom is 0.229 e. The number of ether oxygens (including phenoxy) is 1. The second-order valence-corrected chi connectivity index (χ2v) is 4.50. The molecule has 0 aliphatic carbocycles. The minimum Gasteiger partial charge on any atom is -0.479 e. The highest BCUT2D eigenvalue weighted by atomic mass is 16.5. The molecule has 6 nitrogen and oxygen atoms in total. The van der Waals surface area contributed by atoms with Gasteiger partial charge in [0.2, 0.25) is 11.8 Å². The Morgan fingerprint density at radius 1 is 1.45 bits per heavy atom. The predicted molar refractivity (Wildman–Crippen MR) is 71.9 cm³/mol. The summed E-state index contributed by atoms with van der Waals surface area (Å²) < 4.78 is 5.12. The van der Waals surface area contributed by atoms with E-state index in [4.69, 9.17) is 10.00 Å². The molecular formula is C14H15N3O3. The summed E-state index contributed by atoms with van der Waals surface area (Å²) in [5.74, 6) is 0.278. The summed E-state index contributed by atoms with van der Waals surface area (Å²) in [6.07, 6.45) is 0.958. The first-order valence-electron chi connectivity index (χ1n) is 6.36. The van der Waals surface area contributed by atoms with Crippen LogP contribution in [0.2, 0.25) is 0 Å². The zero-order chi connectivity index (χ0) is 14.4. The molecule has 1 atom stereocenters. The standard InChI is InChI=1S/C14H15N3O3/c15-7-8-20-12-4-2-11(3-5-12)17-14(19)10-1-6-13(18)16-9-10/h2-5,10H,1,6,8-9H2,(H,16,18)(H,17,19). The maximum absolute atomic E-state index is 12.0. The topological polar surface area (TPSA) is 91.2 Å². The molecule has 0 bridgehead atoms. The summed E-state index contributed by atoms with van der Waals surface area (Å²) in [5, 5.41) is 13.9. The molecule has 0 radical (unpaired) electrons. The van der Waals surface area contributed by atoms with Crippen LogP contribution in [0.25, 0.3) is 0 Å². The van der Waals surface area contributed by atoms with Crippen LogP contribution in [0.1, 0.15) is 12.8 Å². The summed E-state index contributed by atoms with van der Waals surface area (Å²) in [6, 6.07) is 8.69. The molecule has 1 aliphatic heterocycles. The molecule has 1 aliphatic rings. The Morgan fingerprint density at radius 2 is 2.20 bits per heavy atom. The van der Waals surface area contributed by atoms with Crippen LogP contribution in [0.15, 0.2) is 24.3 Å². The number of nitrogens with zero attached hydrogens (tertiary/aromatic N) is 1. The van der Waals surface area contributed by atoms with Crippen molar-refractivity contribution in [3.8, 4) is 11.8 Å². The largest absolute Gasteiger partial charge is 0.479 e. The van der Waals surface area contributed by atoms with Gasteiger partial charge in [-0.25, -0.2) is 0 Å². The number of amides is 2. The SMILES string of the molecule is N#CCOc1ccc(NC(=O)C2CCC(=O)NC2)cc1. The highest BCUT2D eigenvalue weighted by Crippen LogP contribution is 2.18. The van der Waals surface area contributed by atoms with Gasteiger partial charge in [-0.1, -0.05) is 0 Å². The van der Waals surface area contributed by atoms with Crippen LogP contribution in [-0.4, -0.2) is 25.0 Å². The molecule has 0 aromatic heterocycles. The van der Waals surface area contributed by atoms with Crippen molar-refractivity contribution in [3.05, 3.63) is 24.3 Å². The fraction of sp³-hybridized carbons (Fsp3) is 0.357. The van der Waals surface area contributed by atoms with Crippen molar-refractivity contribution in [1.82, 2.24) is 5.32 Å². The Kier molecular flexibility index (Phi) is 4.56. The molecular weight excluding hydrogens is 258 g/mol. The molecule has 1 heterocycles. The molecule has 2 rings (SSSR count). The van der Waals surface area contributed by atoms with Gasteiger partial charge >= 0.3 is 0 Å². The number of hydrogen-bond donors (Lipinski definition) is 2. The molecule has 0 saturated carbocycles. The first-order valence-corrected chi connectivity index (χ1v) is 6.36. The number of benzene rings is 1. The van der Waals surface area contributed by atoms with Gasteiger partial charge in [-0.2, -0.15) is 5.26 Å². The number of piperidine rings is 1. The first-order chi connectivity index (χ1) is 9.69. The summed E-state index contributed by atoms with van der Waals surface area (Å²) in [6.45, 7) is 0.376. The number of carbonyl (C=O) groups excluding carboxylic acids is 2. The van der Waals surface area contributed by atoms with E-state index >= 15 is 0 Å². The molecule has 2 N–H and O–H groups in total. The van der Waals surface area contributed by atoms with Gasteiger partial charge in [0.25, 0.3) is 0 Å². The van der Waals surface area contributed by atoms with Crippen LogP contribution in [0, 0.1) is 17.2 Å². The monoisotopic (exact) mass is 273 g/mol. The lowest BCUT2D eigenvalue weighted by Crippen LogP contribution is -2.40. The number of anilines is 1. The average Bonchev–Trinajstić information content (AvgIpc) is 2.47. The fourth-order valence-corrected chi connectivity index (χ4v) is 1.95. The summed E-state index contributed by atoms with van der Waals surface area (Å²) >= 11 is 0. The molecule has 1 fully saturated rings. The third-order valence-electron chi connectivity index (χ3n) is 3.06. The van der Waals surface area contributed by atoms with Crippen molar-refractivity contribution >= 4 is 17.5 Å². The van der Waals surface area contributed by atoms with Crippen LogP contribution in [0.3, 0.4) is 0 Å². The third-order valence-corrected chi connectivity index (χ3v) is 3.06. The summed E-state index contributed by atoms with van der Waals surface area (Å²) in [4.78, 5) is 23.0. The number of carbonyl (C=O) groups is 2. The molecule has 0 spiro atoms. The molecule has 20 heavy (non-hydrogen) atoms. The Morgan fingerprint density at radius 3 is 2.80 bits per heavy atom. The minimum atomic E-state index is -0.192. The van der Waals surface area contributed by atoms with Crippen molar-refractivity contribution in [3.63, 3.8) is 0 Å². The van der Waals surface area contributed by atoms with Crippen molar-refractivity contribution < 1.29 is 14.3 Å². The van der Waals surface area contributed by atoms with Gasteiger partial charge in [-0.15, -0.1) is 0 Å². The van der Waals surface area contributed by atoms with Gasteiger partial charge in [-0.3, -0.25) is 9.59 Å². The number of hydrogen-bond acceptors (Lipinski definition) is 4. The predicted octanol–water partition coefficient (Wildman–Crippen LogP) is 1.05. The second-order valence-electron chi connectivity index (χ2n) is 4.50. The second kappa shape index (κ2) is 6.57. The lowest BCUT2D eigenvalue weighted by Gasteiger charge is -2.21. The molecule has 104 valence electrons. The zero-order valence-electron chi connectivity index (χ0n) is 10.9. The van der Waals surface area contributed by atoms with Crippen LogP contribution in [0.5, 0.6) is 5.75 Å². The van der Waals surface area contributed by atoms with E-state index in [0.717, 1.165) is 0 Å².